The van der Waals surface area contributed by atoms with E-state index in [2.05, 4.69) is 22.9 Å². The average molecular weight is 256 g/mol. The fourth-order valence-corrected chi connectivity index (χ4v) is 2.16. The van der Waals surface area contributed by atoms with Crippen molar-refractivity contribution < 1.29 is 9.53 Å². The molecule has 1 amide bonds. The lowest BCUT2D eigenvalue weighted by Crippen LogP contribution is -2.29. The number of amides is 1. The minimum atomic E-state index is -0.0939. The largest absolute Gasteiger partial charge is 0.381 e. The van der Waals surface area contributed by atoms with Crippen LogP contribution in [0.4, 0.5) is 0 Å². The highest BCUT2D eigenvalue weighted by Gasteiger charge is 1.98. The van der Waals surface area contributed by atoms with Crippen LogP contribution < -0.4 is 11.3 Å². The topological polar surface area (TPSA) is 64.3 Å². The zero-order valence-corrected chi connectivity index (χ0v) is 10.8. The number of hydrazine groups is 1. The zero-order valence-electron chi connectivity index (χ0n) is 9.98. The van der Waals surface area contributed by atoms with E-state index >= 15 is 0 Å². The van der Waals surface area contributed by atoms with Crippen LogP contribution in [0, 0.1) is 0 Å². The molecule has 0 saturated heterocycles. The molecule has 0 fully saturated rings. The Morgan fingerprint density at radius 3 is 2.94 bits per heavy atom. The molecule has 0 unspecified atom stereocenters. The molecule has 0 radical (unpaired) electrons. The molecule has 0 aliphatic rings. The molecule has 5 heteroatoms. The molecule has 1 rings (SSSR count). The quantitative estimate of drug-likeness (QED) is 0.307. The predicted molar refractivity (Wildman–Crippen MR) is 69.6 cm³/mol. The number of unbranched alkanes of at least 4 members (excludes halogenated alkanes) is 2. The summed E-state index contributed by atoms with van der Waals surface area (Å²) >= 11 is 1.76. The summed E-state index contributed by atoms with van der Waals surface area (Å²) in [6.07, 6.45) is 4.38. The maximum absolute atomic E-state index is 10.8. The summed E-state index contributed by atoms with van der Waals surface area (Å²) in [5.74, 6) is 4.88. The smallest absolute Gasteiger partial charge is 0.233 e. The molecule has 3 N–H and O–H groups in total. The van der Waals surface area contributed by atoms with E-state index in [1.165, 1.54) is 4.88 Å². The Morgan fingerprint density at radius 1 is 1.35 bits per heavy atom. The number of ether oxygens (including phenoxy) is 1. The van der Waals surface area contributed by atoms with Gasteiger partial charge in [0.1, 0.15) is 0 Å². The standard InChI is InChI=1S/C12H20N2O2S/c13-14-12(15)6-2-1-3-8-16-9-7-11-5-4-10-17-11/h4-5,10H,1-3,6-9,13H2,(H,14,15). The molecule has 4 nitrogen and oxygen atoms in total. The van der Waals surface area contributed by atoms with Crippen molar-refractivity contribution in [1.82, 2.24) is 5.43 Å². The summed E-state index contributed by atoms with van der Waals surface area (Å²) in [6.45, 7) is 1.55. The minimum Gasteiger partial charge on any atom is -0.381 e. The number of nitrogens with two attached hydrogens (primary N) is 1. The molecule has 0 aromatic carbocycles. The first-order valence-corrected chi connectivity index (χ1v) is 6.80. The van der Waals surface area contributed by atoms with Crippen molar-refractivity contribution in [2.45, 2.75) is 32.1 Å². The highest BCUT2D eigenvalue weighted by atomic mass is 32.1. The van der Waals surface area contributed by atoms with Crippen LogP contribution >= 0.6 is 11.3 Å². The molecule has 1 aromatic rings. The van der Waals surface area contributed by atoms with Gasteiger partial charge in [-0.05, 0) is 24.3 Å². The fourth-order valence-electron chi connectivity index (χ4n) is 1.47. The van der Waals surface area contributed by atoms with E-state index in [4.69, 9.17) is 10.6 Å². The van der Waals surface area contributed by atoms with Crippen molar-refractivity contribution in [2.75, 3.05) is 13.2 Å². The molecule has 17 heavy (non-hydrogen) atoms. The summed E-state index contributed by atoms with van der Waals surface area (Å²) < 4.78 is 5.52. The normalized spacial score (nSPS) is 10.4. The molecule has 1 heterocycles. The second-order valence-electron chi connectivity index (χ2n) is 3.82. The second kappa shape index (κ2) is 9.15. The molecule has 1 aromatic heterocycles. The van der Waals surface area contributed by atoms with Crippen molar-refractivity contribution >= 4 is 17.2 Å². The van der Waals surface area contributed by atoms with Gasteiger partial charge in [0, 0.05) is 24.3 Å². The first-order chi connectivity index (χ1) is 8.33. The Morgan fingerprint density at radius 2 is 2.24 bits per heavy atom. The van der Waals surface area contributed by atoms with E-state index in [1.54, 1.807) is 11.3 Å². The Bertz CT molecular complexity index is 301. The van der Waals surface area contributed by atoms with Crippen LogP contribution in [-0.2, 0) is 16.0 Å². The van der Waals surface area contributed by atoms with Gasteiger partial charge in [-0.25, -0.2) is 5.84 Å². The average Bonchev–Trinajstić information content (AvgIpc) is 2.85. The summed E-state index contributed by atoms with van der Waals surface area (Å²) in [4.78, 5) is 12.2. The van der Waals surface area contributed by atoms with Crippen LogP contribution in [0.15, 0.2) is 17.5 Å². The van der Waals surface area contributed by atoms with Gasteiger partial charge in [0.05, 0.1) is 6.61 Å². The van der Waals surface area contributed by atoms with Gasteiger partial charge in [0.15, 0.2) is 0 Å². The summed E-state index contributed by atoms with van der Waals surface area (Å²) in [5, 5.41) is 2.08. The van der Waals surface area contributed by atoms with Crippen molar-refractivity contribution in [3.05, 3.63) is 22.4 Å². The van der Waals surface area contributed by atoms with E-state index in [0.717, 1.165) is 38.9 Å². The van der Waals surface area contributed by atoms with E-state index in [9.17, 15) is 4.79 Å². The predicted octanol–water partition coefficient (Wildman–Crippen LogP) is 1.86. The molecule has 0 aliphatic carbocycles. The summed E-state index contributed by atoms with van der Waals surface area (Å²) in [7, 11) is 0. The third-order valence-electron chi connectivity index (χ3n) is 2.43. The lowest BCUT2D eigenvalue weighted by molar-refractivity contribution is -0.121. The third kappa shape index (κ3) is 7.10. The molecule has 96 valence electrons. The van der Waals surface area contributed by atoms with Crippen LogP contribution in [0.3, 0.4) is 0 Å². The van der Waals surface area contributed by atoms with E-state index < -0.39 is 0 Å². The molecular weight excluding hydrogens is 236 g/mol. The van der Waals surface area contributed by atoms with Crippen LogP contribution in [0.1, 0.15) is 30.6 Å². The maximum atomic E-state index is 10.8. The van der Waals surface area contributed by atoms with Crippen LogP contribution in [0.2, 0.25) is 0 Å². The van der Waals surface area contributed by atoms with Crippen LogP contribution in [0.25, 0.3) is 0 Å². The number of hydrogen-bond donors (Lipinski definition) is 2. The number of nitrogens with one attached hydrogen (secondary N) is 1. The highest BCUT2D eigenvalue weighted by Crippen LogP contribution is 2.09. The molecule has 0 aliphatic heterocycles. The number of thiophene rings is 1. The van der Waals surface area contributed by atoms with Crippen LogP contribution in [-0.4, -0.2) is 19.1 Å². The van der Waals surface area contributed by atoms with Crippen molar-refractivity contribution in [1.29, 1.82) is 0 Å². The van der Waals surface area contributed by atoms with Crippen molar-refractivity contribution in [2.24, 2.45) is 5.84 Å². The molecule has 0 saturated carbocycles. The van der Waals surface area contributed by atoms with Gasteiger partial charge in [-0.15, -0.1) is 11.3 Å². The van der Waals surface area contributed by atoms with Crippen molar-refractivity contribution in [3.63, 3.8) is 0 Å². The minimum absolute atomic E-state index is 0.0939. The van der Waals surface area contributed by atoms with Gasteiger partial charge >= 0.3 is 0 Å². The van der Waals surface area contributed by atoms with Gasteiger partial charge in [-0.1, -0.05) is 12.5 Å². The molecular formula is C12H20N2O2S. The summed E-state index contributed by atoms with van der Waals surface area (Å²) in [5.41, 5.74) is 2.12. The Hall–Kier alpha value is -0.910. The second-order valence-corrected chi connectivity index (χ2v) is 4.85. The highest BCUT2D eigenvalue weighted by molar-refractivity contribution is 7.09. The molecule has 0 spiro atoms. The lowest BCUT2D eigenvalue weighted by atomic mass is 10.2. The van der Waals surface area contributed by atoms with Crippen molar-refractivity contribution in [3.8, 4) is 0 Å². The SMILES string of the molecule is NNC(=O)CCCCCOCCc1cccs1. The summed E-state index contributed by atoms with van der Waals surface area (Å²) in [6, 6.07) is 4.18. The Kier molecular flexibility index (Phi) is 7.62. The number of hydrogen-bond acceptors (Lipinski definition) is 4. The van der Waals surface area contributed by atoms with Gasteiger partial charge in [0.25, 0.3) is 0 Å². The zero-order chi connectivity index (χ0) is 12.3. The Labute approximate surface area is 106 Å². The first-order valence-electron chi connectivity index (χ1n) is 5.92. The Balaban J connectivity index is 1.83. The number of carbonyl (C=O) groups is 1. The third-order valence-corrected chi connectivity index (χ3v) is 3.36. The number of rotatable bonds is 9. The first kappa shape index (κ1) is 14.2. The van der Waals surface area contributed by atoms with Crippen LogP contribution in [0.5, 0.6) is 0 Å². The van der Waals surface area contributed by atoms with Gasteiger partial charge in [0.2, 0.25) is 5.91 Å². The molecule has 0 bridgehead atoms. The molecule has 0 atom stereocenters. The van der Waals surface area contributed by atoms with Gasteiger partial charge < -0.3 is 4.74 Å². The maximum Gasteiger partial charge on any atom is 0.233 e. The van der Waals surface area contributed by atoms with E-state index in [1.807, 2.05) is 0 Å². The van der Waals surface area contributed by atoms with Gasteiger partial charge in [-0.2, -0.15) is 0 Å². The van der Waals surface area contributed by atoms with E-state index in [0.29, 0.717) is 6.42 Å². The lowest BCUT2D eigenvalue weighted by Gasteiger charge is -2.03. The fraction of sp³-hybridized carbons (Fsp3) is 0.583. The monoisotopic (exact) mass is 256 g/mol. The number of carbonyl (C=O) groups excluding carboxylic acids is 1. The van der Waals surface area contributed by atoms with E-state index in [-0.39, 0.29) is 5.91 Å². The van der Waals surface area contributed by atoms with Gasteiger partial charge in [-0.3, -0.25) is 10.2 Å².